The standard InChI is InChI=1S/C16H21N3O2/c1-4-7-17-16(21)18-13-9-15(20)19(10-13)14-6-5-11(2)12(3)8-14/h4-6,8,13H,1,7,9-10H2,2-3H3,(H2,17,18,21). The molecule has 0 radical (unpaired) electrons. The largest absolute Gasteiger partial charge is 0.335 e. The predicted molar refractivity (Wildman–Crippen MR) is 83.4 cm³/mol. The number of anilines is 1. The molecule has 21 heavy (non-hydrogen) atoms. The highest BCUT2D eigenvalue weighted by molar-refractivity contribution is 5.96. The average molecular weight is 287 g/mol. The second kappa shape index (κ2) is 6.43. The summed E-state index contributed by atoms with van der Waals surface area (Å²) in [5.41, 5.74) is 3.24. The third kappa shape index (κ3) is 3.62. The lowest BCUT2D eigenvalue weighted by atomic mass is 10.1. The second-order valence-electron chi connectivity index (χ2n) is 5.32. The minimum Gasteiger partial charge on any atom is -0.335 e. The van der Waals surface area contributed by atoms with Crippen LogP contribution in [0.15, 0.2) is 30.9 Å². The Labute approximate surface area is 125 Å². The highest BCUT2D eigenvalue weighted by Gasteiger charge is 2.31. The maximum atomic E-state index is 12.1. The Balaban J connectivity index is 2.00. The Morgan fingerprint density at radius 2 is 2.19 bits per heavy atom. The van der Waals surface area contributed by atoms with Crippen molar-refractivity contribution in [2.75, 3.05) is 18.0 Å². The molecule has 5 heteroatoms. The summed E-state index contributed by atoms with van der Waals surface area (Å²) in [4.78, 5) is 25.4. The number of amides is 3. The van der Waals surface area contributed by atoms with Crippen molar-refractivity contribution in [3.8, 4) is 0 Å². The predicted octanol–water partition coefficient (Wildman–Crippen LogP) is 1.89. The number of benzene rings is 1. The van der Waals surface area contributed by atoms with E-state index in [4.69, 9.17) is 0 Å². The molecule has 1 aromatic carbocycles. The zero-order valence-electron chi connectivity index (χ0n) is 12.5. The molecule has 2 N–H and O–H groups in total. The summed E-state index contributed by atoms with van der Waals surface area (Å²) in [6.45, 7) is 8.52. The van der Waals surface area contributed by atoms with E-state index in [-0.39, 0.29) is 18.0 Å². The molecule has 0 bridgehead atoms. The van der Waals surface area contributed by atoms with Gasteiger partial charge in [0.1, 0.15) is 0 Å². The lowest BCUT2D eigenvalue weighted by molar-refractivity contribution is -0.117. The number of hydrogen-bond acceptors (Lipinski definition) is 2. The fourth-order valence-corrected chi connectivity index (χ4v) is 2.35. The van der Waals surface area contributed by atoms with E-state index in [1.54, 1.807) is 11.0 Å². The highest BCUT2D eigenvalue weighted by atomic mass is 16.2. The minimum absolute atomic E-state index is 0.0345. The number of carbonyl (C=O) groups excluding carboxylic acids is 2. The van der Waals surface area contributed by atoms with Crippen LogP contribution < -0.4 is 15.5 Å². The molecular weight excluding hydrogens is 266 g/mol. The molecule has 1 aliphatic rings. The van der Waals surface area contributed by atoms with Crippen LogP contribution in [0, 0.1) is 13.8 Å². The fraction of sp³-hybridized carbons (Fsp3) is 0.375. The molecule has 2 rings (SSSR count). The van der Waals surface area contributed by atoms with Gasteiger partial charge in [0.15, 0.2) is 0 Å². The van der Waals surface area contributed by atoms with Gasteiger partial charge in [0, 0.05) is 25.2 Å². The van der Waals surface area contributed by atoms with Crippen LogP contribution in [0.2, 0.25) is 0 Å². The summed E-state index contributed by atoms with van der Waals surface area (Å²) in [5, 5.41) is 5.46. The van der Waals surface area contributed by atoms with E-state index >= 15 is 0 Å². The van der Waals surface area contributed by atoms with Crippen molar-refractivity contribution >= 4 is 17.6 Å². The molecule has 5 nitrogen and oxygen atoms in total. The van der Waals surface area contributed by atoms with Crippen LogP contribution in [0.25, 0.3) is 0 Å². The molecule has 1 saturated heterocycles. The fourth-order valence-electron chi connectivity index (χ4n) is 2.35. The van der Waals surface area contributed by atoms with E-state index in [9.17, 15) is 9.59 Å². The van der Waals surface area contributed by atoms with Crippen LogP contribution in [-0.4, -0.2) is 31.1 Å². The van der Waals surface area contributed by atoms with Crippen molar-refractivity contribution < 1.29 is 9.59 Å². The molecular formula is C16H21N3O2. The molecule has 1 fully saturated rings. The molecule has 0 spiro atoms. The van der Waals surface area contributed by atoms with Crippen LogP contribution in [0.3, 0.4) is 0 Å². The first-order valence-electron chi connectivity index (χ1n) is 7.04. The van der Waals surface area contributed by atoms with E-state index in [0.29, 0.717) is 19.5 Å². The van der Waals surface area contributed by atoms with E-state index in [1.807, 2.05) is 32.0 Å². The van der Waals surface area contributed by atoms with Gasteiger partial charge in [0.05, 0.1) is 6.04 Å². The Kier molecular flexibility index (Phi) is 4.62. The van der Waals surface area contributed by atoms with Gasteiger partial charge in [-0.25, -0.2) is 4.79 Å². The van der Waals surface area contributed by atoms with Gasteiger partial charge in [-0.1, -0.05) is 12.1 Å². The van der Waals surface area contributed by atoms with Gasteiger partial charge >= 0.3 is 6.03 Å². The van der Waals surface area contributed by atoms with Crippen LogP contribution in [-0.2, 0) is 4.79 Å². The normalized spacial score (nSPS) is 17.7. The molecule has 1 aliphatic heterocycles. The molecule has 1 heterocycles. The number of hydrogen-bond donors (Lipinski definition) is 2. The molecule has 1 aromatic rings. The van der Waals surface area contributed by atoms with E-state index in [2.05, 4.69) is 17.2 Å². The average Bonchev–Trinajstić information content (AvgIpc) is 2.80. The Bertz CT molecular complexity index is 569. The minimum atomic E-state index is -0.269. The highest BCUT2D eigenvalue weighted by Crippen LogP contribution is 2.23. The van der Waals surface area contributed by atoms with E-state index in [0.717, 1.165) is 11.3 Å². The van der Waals surface area contributed by atoms with Gasteiger partial charge in [-0.2, -0.15) is 0 Å². The zero-order chi connectivity index (χ0) is 15.4. The molecule has 3 amide bonds. The molecule has 1 atom stereocenters. The maximum absolute atomic E-state index is 12.1. The molecule has 0 saturated carbocycles. The van der Waals surface area contributed by atoms with Gasteiger partial charge in [-0.15, -0.1) is 6.58 Å². The quantitative estimate of drug-likeness (QED) is 0.831. The summed E-state index contributed by atoms with van der Waals surface area (Å²) in [7, 11) is 0. The van der Waals surface area contributed by atoms with Gasteiger partial charge in [-0.3, -0.25) is 4.79 Å². The first-order valence-corrected chi connectivity index (χ1v) is 7.04. The first-order chi connectivity index (χ1) is 10.0. The van der Waals surface area contributed by atoms with Crippen LogP contribution in [0.5, 0.6) is 0 Å². The molecule has 0 aromatic heterocycles. The second-order valence-corrected chi connectivity index (χ2v) is 5.32. The summed E-state index contributed by atoms with van der Waals surface area (Å²) in [5.74, 6) is 0.0345. The number of nitrogens with one attached hydrogen (secondary N) is 2. The number of urea groups is 1. The smallest absolute Gasteiger partial charge is 0.315 e. The Morgan fingerprint density at radius 1 is 1.43 bits per heavy atom. The van der Waals surface area contributed by atoms with Gasteiger partial charge < -0.3 is 15.5 Å². The summed E-state index contributed by atoms with van der Waals surface area (Å²) < 4.78 is 0. The zero-order valence-corrected chi connectivity index (χ0v) is 12.5. The topological polar surface area (TPSA) is 61.4 Å². The van der Waals surface area contributed by atoms with Gasteiger partial charge in [-0.05, 0) is 37.1 Å². The lowest BCUT2D eigenvalue weighted by Gasteiger charge is -2.18. The van der Waals surface area contributed by atoms with Crippen LogP contribution in [0.4, 0.5) is 10.5 Å². The molecule has 112 valence electrons. The summed E-state index contributed by atoms with van der Waals surface area (Å²) in [6, 6.07) is 5.53. The Morgan fingerprint density at radius 3 is 2.86 bits per heavy atom. The first kappa shape index (κ1) is 15.1. The van der Waals surface area contributed by atoms with Gasteiger partial charge in [0.2, 0.25) is 5.91 Å². The third-order valence-electron chi connectivity index (χ3n) is 3.67. The number of rotatable bonds is 4. The Hall–Kier alpha value is -2.30. The monoisotopic (exact) mass is 287 g/mol. The van der Waals surface area contributed by atoms with E-state index < -0.39 is 0 Å². The van der Waals surface area contributed by atoms with Crippen molar-refractivity contribution in [2.45, 2.75) is 26.3 Å². The van der Waals surface area contributed by atoms with Crippen molar-refractivity contribution in [1.29, 1.82) is 0 Å². The third-order valence-corrected chi connectivity index (χ3v) is 3.67. The molecule has 1 unspecified atom stereocenters. The van der Waals surface area contributed by atoms with Crippen molar-refractivity contribution in [3.63, 3.8) is 0 Å². The van der Waals surface area contributed by atoms with Gasteiger partial charge in [0.25, 0.3) is 0 Å². The van der Waals surface area contributed by atoms with Crippen molar-refractivity contribution in [2.24, 2.45) is 0 Å². The summed E-state index contributed by atoms with van der Waals surface area (Å²) in [6.07, 6.45) is 1.94. The summed E-state index contributed by atoms with van der Waals surface area (Å²) >= 11 is 0. The SMILES string of the molecule is C=CCNC(=O)NC1CC(=O)N(c2ccc(C)c(C)c2)C1. The van der Waals surface area contributed by atoms with Crippen LogP contribution >= 0.6 is 0 Å². The number of carbonyl (C=O) groups is 2. The number of aryl methyl sites for hydroxylation is 2. The van der Waals surface area contributed by atoms with Crippen molar-refractivity contribution in [1.82, 2.24) is 10.6 Å². The molecule has 0 aliphatic carbocycles. The van der Waals surface area contributed by atoms with Crippen molar-refractivity contribution in [3.05, 3.63) is 42.0 Å². The van der Waals surface area contributed by atoms with E-state index in [1.165, 1.54) is 5.56 Å². The number of nitrogens with zero attached hydrogens (tertiary/aromatic N) is 1. The lowest BCUT2D eigenvalue weighted by Crippen LogP contribution is -2.43. The van der Waals surface area contributed by atoms with Crippen LogP contribution in [0.1, 0.15) is 17.5 Å². The maximum Gasteiger partial charge on any atom is 0.315 e.